The van der Waals surface area contributed by atoms with Crippen LogP contribution in [-0.2, 0) is 12.0 Å². The predicted octanol–water partition coefficient (Wildman–Crippen LogP) is 5.35. The van der Waals surface area contributed by atoms with Crippen LogP contribution in [0.25, 0.3) is 5.69 Å². The lowest BCUT2D eigenvalue weighted by Crippen LogP contribution is -2.34. The molecule has 4 aromatic rings. The van der Waals surface area contributed by atoms with E-state index in [2.05, 4.69) is 63.7 Å². The Hall–Kier alpha value is -3.47. The molecule has 0 saturated heterocycles. The van der Waals surface area contributed by atoms with Crippen molar-refractivity contribution in [1.29, 1.82) is 0 Å². The van der Waals surface area contributed by atoms with Gasteiger partial charge in [-0.1, -0.05) is 36.8 Å². The van der Waals surface area contributed by atoms with Crippen LogP contribution in [0, 0.1) is 11.8 Å². The third kappa shape index (κ3) is 3.29. The maximum Gasteiger partial charge on any atom is 0.130 e. The average Bonchev–Trinajstić information content (AvgIpc) is 3.62. The fourth-order valence-electron chi connectivity index (χ4n) is 5.96. The Labute approximate surface area is 188 Å². The maximum absolute atomic E-state index is 5.99. The number of aromatic nitrogens is 4. The highest BCUT2D eigenvalue weighted by Gasteiger charge is 2.52. The first kappa shape index (κ1) is 19.2. The van der Waals surface area contributed by atoms with Crippen LogP contribution in [0.3, 0.4) is 0 Å². The summed E-state index contributed by atoms with van der Waals surface area (Å²) in [5, 5.41) is 7.86. The van der Waals surface area contributed by atoms with E-state index in [9.17, 15) is 0 Å². The SMILES string of the molecule is c1ccc(COc2ccc(C3(c4ccc(-n5cnnc5)cc4)CC4CCC3C4)cc2)nc1. The van der Waals surface area contributed by atoms with E-state index in [1.54, 1.807) is 18.9 Å². The first-order valence-electron chi connectivity index (χ1n) is 11.4. The summed E-state index contributed by atoms with van der Waals surface area (Å²) < 4.78 is 7.94. The number of rotatable bonds is 6. The molecule has 2 aliphatic carbocycles. The van der Waals surface area contributed by atoms with Gasteiger partial charge in [-0.2, -0.15) is 0 Å². The molecule has 6 rings (SSSR count). The Balaban J connectivity index is 1.29. The van der Waals surface area contributed by atoms with Crippen molar-refractivity contribution in [2.75, 3.05) is 0 Å². The van der Waals surface area contributed by atoms with Crippen LogP contribution in [0.5, 0.6) is 5.75 Å². The minimum absolute atomic E-state index is 0.0914. The lowest BCUT2D eigenvalue weighted by atomic mass is 9.64. The number of ether oxygens (including phenoxy) is 1. The summed E-state index contributed by atoms with van der Waals surface area (Å²) in [7, 11) is 0. The summed E-state index contributed by atoms with van der Waals surface area (Å²) in [6.45, 7) is 0.487. The van der Waals surface area contributed by atoms with Crippen LogP contribution < -0.4 is 4.74 Å². The van der Waals surface area contributed by atoms with E-state index in [-0.39, 0.29) is 5.41 Å². The van der Waals surface area contributed by atoms with Gasteiger partial charge in [0.1, 0.15) is 25.0 Å². The molecule has 0 radical (unpaired) electrons. The van der Waals surface area contributed by atoms with Gasteiger partial charge in [-0.05, 0) is 78.6 Å². The van der Waals surface area contributed by atoms with Gasteiger partial charge in [0, 0.05) is 17.3 Å². The van der Waals surface area contributed by atoms with Crippen molar-refractivity contribution in [1.82, 2.24) is 19.7 Å². The predicted molar refractivity (Wildman–Crippen MR) is 123 cm³/mol. The van der Waals surface area contributed by atoms with Crippen molar-refractivity contribution in [2.24, 2.45) is 11.8 Å². The zero-order valence-corrected chi connectivity index (χ0v) is 18.0. The molecule has 2 heterocycles. The van der Waals surface area contributed by atoms with Gasteiger partial charge >= 0.3 is 0 Å². The molecule has 2 fully saturated rings. The molecule has 0 spiro atoms. The van der Waals surface area contributed by atoms with Crippen molar-refractivity contribution in [3.63, 3.8) is 0 Å². The normalized spacial score (nSPS) is 24.0. The second-order valence-electron chi connectivity index (χ2n) is 9.10. The average molecular weight is 423 g/mol. The number of pyridine rings is 1. The maximum atomic E-state index is 5.99. The Kier molecular flexibility index (Phi) is 4.75. The molecule has 2 saturated carbocycles. The quantitative estimate of drug-likeness (QED) is 0.420. The lowest BCUT2D eigenvalue weighted by molar-refractivity contribution is 0.299. The summed E-state index contributed by atoms with van der Waals surface area (Å²) in [6, 6.07) is 23.7. The van der Waals surface area contributed by atoms with Crippen molar-refractivity contribution >= 4 is 0 Å². The summed E-state index contributed by atoms with van der Waals surface area (Å²) in [5.41, 5.74) is 4.95. The van der Waals surface area contributed by atoms with E-state index in [0.717, 1.165) is 23.0 Å². The van der Waals surface area contributed by atoms with Gasteiger partial charge in [-0.25, -0.2) is 0 Å². The summed E-state index contributed by atoms with van der Waals surface area (Å²) >= 11 is 0. The molecular weight excluding hydrogens is 396 g/mol. The number of hydrogen-bond donors (Lipinski definition) is 0. The van der Waals surface area contributed by atoms with Crippen molar-refractivity contribution in [3.05, 3.63) is 102 Å². The molecule has 5 heteroatoms. The highest BCUT2D eigenvalue weighted by molar-refractivity contribution is 5.47. The monoisotopic (exact) mass is 422 g/mol. The molecule has 0 aliphatic heterocycles. The fourth-order valence-corrected chi connectivity index (χ4v) is 5.96. The van der Waals surface area contributed by atoms with Gasteiger partial charge in [0.15, 0.2) is 0 Å². The molecule has 0 N–H and O–H groups in total. The van der Waals surface area contributed by atoms with Crippen LogP contribution in [0.1, 0.15) is 42.5 Å². The number of fused-ring (bicyclic) bond motifs is 2. The largest absolute Gasteiger partial charge is 0.487 e. The number of hydrogen-bond acceptors (Lipinski definition) is 4. The van der Waals surface area contributed by atoms with Crippen LogP contribution in [0.15, 0.2) is 85.6 Å². The highest BCUT2D eigenvalue weighted by atomic mass is 16.5. The van der Waals surface area contributed by atoms with Gasteiger partial charge in [0.05, 0.1) is 5.69 Å². The minimum Gasteiger partial charge on any atom is -0.487 e. The van der Waals surface area contributed by atoms with E-state index in [0.29, 0.717) is 12.5 Å². The number of nitrogens with zero attached hydrogens (tertiary/aromatic N) is 4. The molecule has 160 valence electrons. The summed E-state index contributed by atoms with van der Waals surface area (Å²) in [6.07, 6.45) is 10.5. The van der Waals surface area contributed by atoms with E-state index >= 15 is 0 Å². The zero-order valence-electron chi connectivity index (χ0n) is 18.0. The molecule has 3 unspecified atom stereocenters. The Morgan fingerprint density at radius 2 is 1.62 bits per heavy atom. The molecule has 2 aromatic heterocycles. The highest BCUT2D eigenvalue weighted by Crippen LogP contribution is 2.60. The summed E-state index contributed by atoms with van der Waals surface area (Å²) in [4.78, 5) is 4.34. The van der Waals surface area contributed by atoms with Gasteiger partial charge in [-0.15, -0.1) is 10.2 Å². The topological polar surface area (TPSA) is 52.8 Å². The minimum atomic E-state index is 0.0914. The Morgan fingerprint density at radius 1 is 0.875 bits per heavy atom. The lowest BCUT2D eigenvalue weighted by Gasteiger charge is -2.39. The molecule has 2 bridgehead atoms. The Morgan fingerprint density at radius 3 is 2.25 bits per heavy atom. The van der Waals surface area contributed by atoms with Crippen LogP contribution >= 0.6 is 0 Å². The first-order valence-corrected chi connectivity index (χ1v) is 11.4. The van der Waals surface area contributed by atoms with Gasteiger partial charge < -0.3 is 4.74 Å². The van der Waals surface area contributed by atoms with Crippen molar-refractivity contribution in [2.45, 2.75) is 37.7 Å². The number of benzene rings is 2. The first-order chi connectivity index (χ1) is 15.8. The molecule has 32 heavy (non-hydrogen) atoms. The van der Waals surface area contributed by atoms with E-state index < -0.39 is 0 Å². The fraction of sp³-hybridized carbons (Fsp3) is 0.296. The third-order valence-electron chi connectivity index (χ3n) is 7.43. The van der Waals surface area contributed by atoms with Crippen molar-refractivity contribution in [3.8, 4) is 11.4 Å². The van der Waals surface area contributed by atoms with Gasteiger partial charge in [0.2, 0.25) is 0 Å². The van der Waals surface area contributed by atoms with E-state index in [4.69, 9.17) is 4.74 Å². The van der Waals surface area contributed by atoms with Crippen LogP contribution in [0.2, 0.25) is 0 Å². The second-order valence-corrected chi connectivity index (χ2v) is 9.10. The van der Waals surface area contributed by atoms with E-state index in [1.807, 2.05) is 22.8 Å². The Bertz CT molecular complexity index is 1170. The second kappa shape index (κ2) is 7.90. The molecule has 5 nitrogen and oxygen atoms in total. The summed E-state index contributed by atoms with van der Waals surface area (Å²) in [5.74, 6) is 2.42. The zero-order chi connectivity index (χ0) is 21.4. The molecule has 2 aromatic carbocycles. The molecule has 3 atom stereocenters. The van der Waals surface area contributed by atoms with Crippen LogP contribution in [0.4, 0.5) is 0 Å². The molecular formula is C27H26N4O. The molecule has 2 aliphatic rings. The van der Waals surface area contributed by atoms with Crippen LogP contribution in [-0.4, -0.2) is 19.7 Å². The molecule has 0 amide bonds. The third-order valence-corrected chi connectivity index (χ3v) is 7.43. The van der Waals surface area contributed by atoms with Crippen molar-refractivity contribution < 1.29 is 4.74 Å². The smallest absolute Gasteiger partial charge is 0.130 e. The van der Waals surface area contributed by atoms with E-state index in [1.165, 1.54) is 36.8 Å². The van der Waals surface area contributed by atoms with Gasteiger partial charge in [0.25, 0.3) is 0 Å². The standard InChI is InChI=1S/C27H26N4O/c1-2-14-28-24(3-1)17-32-26-12-8-22(9-13-26)27(16-20-4-5-23(27)15-20)21-6-10-25(11-7-21)31-18-29-30-19-31/h1-3,6-14,18-20,23H,4-5,15-17H2. The van der Waals surface area contributed by atoms with Gasteiger partial charge in [-0.3, -0.25) is 9.55 Å².